The molecule has 134 valence electrons. The Labute approximate surface area is 143 Å². The third kappa shape index (κ3) is 3.42. The molecule has 0 aromatic carbocycles. The third-order valence-electron chi connectivity index (χ3n) is 6.06. The predicted molar refractivity (Wildman–Crippen MR) is 89.9 cm³/mol. The number of carbonyl (C=O) groups excluding carboxylic acids is 3. The van der Waals surface area contributed by atoms with Gasteiger partial charge < -0.3 is 16.0 Å². The van der Waals surface area contributed by atoms with Crippen LogP contribution in [0.4, 0.5) is 0 Å². The summed E-state index contributed by atoms with van der Waals surface area (Å²) in [7, 11) is 0. The molecule has 0 radical (unpaired) electrons. The average Bonchev–Trinajstić information content (AvgIpc) is 2.51. The zero-order valence-electron chi connectivity index (χ0n) is 14.7. The molecule has 0 heterocycles. The summed E-state index contributed by atoms with van der Waals surface area (Å²) in [4.78, 5) is 36.4. The van der Waals surface area contributed by atoms with Crippen LogP contribution in [0.25, 0.3) is 0 Å². The molecule has 4 fully saturated rings. The second-order valence-electron chi connectivity index (χ2n) is 8.06. The maximum atomic E-state index is 12.9. The van der Waals surface area contributed by atoms with Crippen LogP contribution in [0.5, 0.6) is 0 Å². The summed E-state index contributed by atoms with van der Waals surface area (Å²) < 4.78 is 0. The zero-order chi connectivity index (χ0) is 17.3. The first-order valence-corrected chi connectivity index (χ1v) is 9.27. The number of amides is 3. The van der Waals surface area contributed by atoms with Crippen LogP contribution < -0.4 is 16.0 Å². The van der Waals surface area contributed by atoms with Crippen molar-refractivity contribution in [3.8, 4) is 0 Å². The van der Waals surface area contributed by atoms with Gasteiger partial charge in [0, 0.05) is 12.0 Å². The number of hydrogen-bond acceptors (Lipinski definition) is 3. The van der Waals surface area contributed by atoms with E-state index in [0.29, 0.717) is 24.3 Å². The monoisotopic (exact) mass is 335 g/mol. The second kappa shape index (κ2) is 6.73. The fourth-order valence-corrected chi connectivity index (χ4v) is 5.38. The molecular weight excluding hydrogens is 306 g/mol. The highest BCUT2D eigenvalue weighted by Crippen LogP contribution is 2.60. The van der Waals surface area contributed by atoms with Gasteiger partial charge in [0.1, 0.15) is 6.04 Å². The van der Waals surface area contributed by atoms with Crippen LogP contribution in [-0.2, 0) is 14.4 Å². The first-order valence-electron chi connectivity index (χ1n) is 9.27. The first-order chi connectivity index (χ1) is 11.4. The van der Waals surface area contributed by atoms with E-state index in [9.17, 15) is 14.4 Å². The molecular formula is C18H29N3O3. The Morgan fingerprint density at radius 3 is 2.04 bits per heavy atom. The highest BCUT2D eigenvalue weighted by atomic mass is 16.2. The van der Waals surface area contributed by atoms with Crippen molar-refractivity contribution in [1.29, 1.82) is 0 Å². The van der Waals surface area contributed by atoms with Gasteiger partial charge in [-0.05, 0) is 70.1 Å². The van der Waals surface area contributed by atoms with E-state index in [0.717, 1.165) is 19.3 Å². The molecule has 0 unspecified atom stereocenters. The van der Waals surface area contributed by atoms with Gasteiger partial charge in [-0.15, -0.1) is 0 Å². The molecule has 0 saturated heterocycles. The number of nitrogens with one attached hydrogen (secondary N) is 3. The lowest BCUT2D eigenvalue weighted by molar-refractivity contribution is -0.148. The van der Waals surface area contributed by atoms with Gasteiger partial charge in [-0.3, -0.25) is 14.4 Å². The van der Waals surface area contributed by atoms with Crippen molar-refractivity contribution in [2.45, 2.75) is 58.4 Å². The minimum Gasteiger partial charge on any atom is -0.355 e. The fourth-order valence-electron chi connectivity index (χ4n) is 5.38. The Morgan fingerprint density at radius 2 is 1.54 bits per heavy atom. The molecule has 0 aromatic heterocycles. The molecule has 6 nitrogen and oxygen atoms in total. The van der Waals surface area contributed by atoms with Crippen molar-refractivity contribution < 1.29 is 14.4 Å². The lowest BCUT2D eigenvalue weighted by atomic mass is 9.49. The molecule has 4 aliphatic carbocycles. The minimum atomic E-state index is -0.611. The Balaban J connectivity index is 1.53. The van der Waals surface area contributed by atoms with Gasteiger partial charge in [-0.25, -0.2) is 0 Å². The number of likely N-dealkylation sites (N-methyl/N-ethyl adjacent to an activating group) is 1. The molecule has 4 aliphatic rings. The van der Waals surface area contributed by atoms with Crippen molar-refractivity contribution in [2.75, 3.05) is 13.1 Å². The van der Waals surface area contributed by atoms with E-state index in [1.54, 1.807) is 6.92 Å². The maximum absolute atomic E-state index is 12.9. The van der Waals surface area contributed by atoms with Crippen LogP contribution in [0, 0.1) is 23.2 Å². The largest absolute Gasteiger partial charge is 0.355 e. The van der Waals surface area contributed by atoms with E-state index in [1.165, 1.54) is 19.3 Å². The molecule has 6 heteroatoms. The highest BCUT2D eigenvalue weighted by molar-refractivity contribution is 5.92. The van der Waals surface area contributed by atoms with Gasteiger partial charge in [-0.1, -0.05) is 0 Å². The summed E-state index contributed by atoms with van der Waals surface area (Å²) in [6.07, 6.45) is 6.81. The minimum absolute atomic E-state index is 0.0438. The van der Waals surface area contributed by atoms with E-state index in [-0.39, 0.29) is 29.7 Å². The van der Waals surface area contributed by atoms with Gasteiger partial charge in [-0.2, -0.15) is 0 Å². The number of carbonyl (C=O) groups is 3. The van der Waals surface area contributed by atoms with Crippen LogP contribution in [0.15, 0.2) is 0 Å². The second-order valence-corrected chi connectivity index (χ2v) is 8.06. The summed E-state index contributed by atoms with van der Waals surface area (Å²) in [6, 6.07) is -0.611. The molecule has 24 heavy (non-hydrogen) atoms. The molecule has 4 saturated carbocycles. The Morgan fingerprint density at radius 1 is 1.00 bits per heavy atom. The van der Waals surface area contributed by atoms with Crippen LogP contribution in [-0.4, -0.2) is 36.9 Å². The van der Waals surface area contributed by atoms with Gasteiger partial charge in [0.25, 0.3) is 0 Å². The maximum Gasteiger partial charge on any atom is 0.242 e. The van der Waals surface area contributed by atoms with E-state index in [2.05, 4.69) is 16.0 Å². The van der Waals surface area contributed by atoms with E-state index in [1.807, 2.05) is 6.92 Å². The average molecular weight is 335 g/mol. The van der Waals surface area contributed by atoms with E-state index in [4.69, 9.17) is 0 Å². The lowest BCUT2D eigenvalue weighted by Gasteiger charge is -2.55. The smallest absolute Gasteiger partial charge is 0.242 e. The summed E-state index contributed by atoms with van der Waals surface area (Å²) >= 11 is 0. The predicted octanol–water partition coefficient (Wildman–Crippen LogP) is 0.960. The summed E-state index contributed by atoms with van der Waals surface area (Å²) in [6.45, 7) is 4.00. The lowest BCUT2D eigenvalue weighted by Crippen LogP contribution is -2.57. The van der Waals surface area contributed by atoms with Crippen LogP contribution in [0.2, 0.25) is 0 Å². The molecule has 4 rings (SSSR count). The fraction of sp³-hybridized carbons (Fsp3) is 0.833. The molecule has 0 spiro atoms. The van der Waals surface area contributed by atoms with E-state index < -0.39 is 6.04 Å². The SMILES string of the molecule is CCNC(=O)CNC(=O)[C@H](C)NC(=O)C12CC3CC(CC(C3)C1)C2. The van der Waals surface area contributed by atoms with Crippen molar-refractivity contribution in [3.63, 3.8) is 0 Å². The number of hydrogen-bond donors (Lipinski definition) is 3. The third-order valence-corrected chi connectivity index (χ3v) is 6.06. The summed E-state index contributed by atoms with van der Waals surface area (Å²) in [5.41, 5.74) is -0.247. The number of rotatable bonds is 6. The molecule has 1 atom stereocenters. The highest BCUT2D eigenvalue weighted by Gasteiger charge is 2.54. The molecule has 4 bridgehead atoms. The van der Waals surface area contributed by atoms with Gasteiger partial charge in [0.15, 0.2) is 0 Å². The molecule has 0 aliphatic heterocycles. The topological polar surface area (TPSA) is 87.3 Å². The Kier molecular flexibility index (Phi) is 4.83. The van der Waals surface area contributed by atoms with Crippen molar-refractivity contribution in [3.05, 3.63) is 0 Å². The normalized spacial score (nSPS) is 34.5. The van der Waals surface area contributed by atoms with Gasteiger partial charge in [0.05, 0.1) is 6.54 Å². The van der Waals surface area contributed by atoms with Crippen molar-refractivity contribution in [2.24, 2.45) is 23.2 Å². The molecule has 3 N–H and O–H groups in total. The van der Waals surface area contributed by atoms with Crippen molar-refractivity contribution in [1.82, 2.24) is 16.0 Å². The van der Waals surface area contributed by atoms with Crippen LogP contribution >= 0.6 is 0 Å². The molecule has 0 aromatic rings. The van der Waals surface area contributed by atoms with Crippen LogP contribution in [0.1, 0.15) is 52.4 Å². The Bertz CT molecular complexity index is 496. The van der Waals surface area contributed by atoms with E-state index >= 15 is 0 Å². The standard InChI is InChI=1S/C18H29N3O3/c1-3-19-15(22)10-20-16(23)11(2)21-17(24)18-7-12-4-13(8-18)6-14(5-12)9-18/h11-14H,3-10H2,1-2H3,(H,19,22)(H,20,23)(H,21,24)/t11-,12?,13?,14?,18?/m0/s1. The summed E-state index contributed by atoms with van der Waals surface area (Å²) in [5, 5.41) is 8.12. The quantitative estimate of drug-likeness (QED) is 0.676. The first kappa shape index (κ1) is 17.2. The van der Waals surface area contributed by atoms with Crippen molar-refractivity contribution >= 4 is 17.7 Å². The van der Waals surface area contributed by atoms with Gasteiger partial charge >= 0.3 is 0 Å². The van der Waals surface area contributed by atoms with Gasteiger partial charge in [0.2, 0.25) is 17.7 Å². The zero-order valence-corrected chi connectivity index (χ0v) is 14.7. The summed E-state index contributed by atoms with van der Waals surface area (Å²) in [5.74, 6) is 1.61. The molecule has 3 amide bonds. The van der Waals surface area contributed by atoms with Crippen LogP contribution in [0.3, 0.4) is 0 Å². The Hall–Kier alpha value is -1.59.